The highest BCUT2D eigenvalue weighted by molar-refractivity contribution is 5.66. The predicted octanol–water partition coefficient (Wildman–Crippen LogP) is 6.09. The van der Waals surface area contributed by atoms with Crippen LogP contribution in [0.5, 0.6) is 5.75 Å². The normalized spacial score (nSPS) is 19.8. The first-order valence-electron chi connectivity index (χ1n) is 14.6. The number of unbranched alkanes of at least 4 members (excludes halogenated alkanes) is 1. The predicted molar refractivity (Wildman–Crippen MR) is 161 cm³/mol. The van der Waals surface area contributed by atoms with Crippen LogP contribution in [0.3, 0.4) is 0 Å². The smallest absolute Gasteiger partial charge is 0.127 e. The Labute approximate surface area is 234 Å². The molecule has 2 N–H and O–H groups in total. The first-order valence-corrected chi connectivity index (χ1v) is 14.6. The number of nitrogen functional groups attached to an aromatic ring is 1. The lowest BCUT2D eigenvalue weighted by Crippen LogP contribution is -2.52. The fourth-order valence-corrected chi connectivity index (χ4v) is 6.23. The van der Waals surface area contributed by atoms with E-state index in [0.717, 1.165) is 82.1 Å². The molecule has 0 radical (unpaired) electrons. The average Bonchev–Trinajstić information content (AvgIpc) is 3.32. The van der Waals surface area contributed by atoms with Gasteiger partial charge in [0.15, 0.2) is 0 Å². The van der Waals surface area contributed by atoms with E-state index in [9.17, 15) is 0 Å². The van der Waals surface area contributed by atoms with E-state index < -0.39 is 0 Å². The number of ether oxygens (including phenoxy) is 2. The molecule has 5 nitrogen and oxygen atoms in total. The molecule has 3 aromatic carbocycles. The molecule has 2 heterocycles. The molecule has 0 saturated carbocycles. The van der Waals surface area contributed by atoms with Crippen molar-refractivity contribution in [1.29, 1.82) is 0 Å². The summed E-state index contributed by atoms with van der Waals surface area (Å²) in [7, 11) is 0. The van der Waals surface area contributed by atoms with Crippen LogP contribution in [-0.2, 0) is 11.2 Å². The van der Waals surface area contributed by atoms with Crippen molar-refractivity contribution in [3.8, 4) is 5.75 Å². The van der Waals surface area contributed by atoms with Gasteiger partial charge in [-0.05, 0) is 74.9 Å². The van der Waals surface area contributed by atoms with Gasteiger partial charge < -0.3 is 20.1 Å². The van der Waals surface area contributed by atoms with E-state index in [1.807, 2.05) is 0 Å². The summed E-state index contributed by atoms with van der Waals surface area (Å²) in [6, 6.07) is 21.1. The van der Waals surface area contributed by atoms with Gasteiger partial charge in [0.05, 0.1) is 0 Å². The lowest BCUT2D eigenvalue weighted by molar-refractivity contribution is 0.0361. The van der Waals surface area contributed by atoms with Gasteiger partial charge in [-0.1, -0.05) is 60.7 Å². The molecule has 0 amide bonds. The second-order valence-corrected chi connectivity index (χ2v) is 11.7. The molecule has 1 atom stereocenters. The SMILES string of the molecule is Cc1c(C)c2c(c(C)c1N)CC(C)(CN1CCN(CCCCOC(c3ccccc3)c3ccccc3)CC1)O2. The number of nitrogens with zero attached hydrogens (tertiary/aromatic N) is 2. The maximum absolute atomic E-state index is 6.62. The molecular weight excluding hydrogens is 482 g/mol. The number of rotatable bonds is 10. The summed E-state index contributed by atoms with van der Waals surface area (Å²) < 4.78 is 13.0. The van der Waals surface area contributed by atoms with Gasteiger partial charge in [-0.2, -0.15) is 0 Å². The van der Waals surface area contributed by atoms with E-state index in [1.165, 1.54) is 27.8 Å². The third kappa shape index (κ3) is 6.32. The summed E-state index contributed by atoms with van der Waals surface area (Å²) in [5.41, 5.74) is 14.4. The lowest BCUT2D eigenvalue weighted by Gasteiger charge is -2.38. The van der Waals surface area contributed by atoms with Crippen molar-refractivity contribution in [3.63, 3.8) is 0 Å². The third-order valence-corrected chi connectivity index (χ3v) is 8.72. The van der Waals surface area contributed by atoms with Crippen LogP contribution in [0.25, 0.3) is 0 Å². The van der Waals surface area contributed by atoms with Crippen molar-refractivity contribution < 1.29 is 9.47 Å². The molecule has 39 heavy (non-hydrogen) atoms. The fourth-order valence-electron chi connectivity index (χ4n) is 6.23. The zero-order valence-electron chi connectivity index (χ0n) is 24.2. The number of anilines is 1. The van der Waals surface area contributed by atoms with E-state index in [4.69, 9.17) is 15.2 Å². The molecule has 1 saturated heterocycles. The Morgan fingerprint density at radius 3 is 2.03 bits per heavy atom. The standard InChI is InChI=1S/C34H45N3O2/c1-25-26(2)32-30(27(3)31(25)35)23-34(4,39-32)24-37-20-18-36(19-21-37)17-11-12-22-38-33(28-13-7-5-8-14-28)29-15-9-6-10-16-29/h5-10,13-16,33H,11-12,17-24,35H2,1-4H3. The maximum Gasteiger partial charge on any atom is 0.127 e. The highest BCUT2D eigenvalue weighted by Gasteiger charge is 2.39. The van der Waals surface area contributed by atoms with Crippen LogP contribution < -0.4 is 10.5 Å². The summed E-state index contributed by atoms with van der Waals surface area (Å²) >= 11 is 0. The van der Waals surface area contributed by atoms with Gasteiger partial charge in [0, 0.05) is 57.0 Å². The minimum absolute atomic E-state index is 0.00538. The molecule has 5 rings (SSSR count). The number of hydrogen-bond donors (Lipinski definition) is 1. The zero-order valence-corrected chi connectivity index (χ0v) is 24.2. The molecule has 2 aliphatic heterocycles. The van der Waals surface area contributed by atoms with Gasteiger partial charge in [-0.15, -0.1) is 0 Å². The van der Waals surface area contributed by atoms with Gasteiger partial charge in [-0.25, -0.2) is 0 Å². The molecular formula is C34H45N3O2. The number of piperazine rings is 1. The second kappa shape index (κ2) is 12.1. The monoisotopic (exact) mass is 527 g/mol. The Bertz CT molecular complexity index is 1160. The van der Waals surface area contributed by atoms with E-state index in [0.29, 0.717) is 0 Å². The van der Waals surface area contributed by atoms with Gasteiger partial charge >= 0.3 is 0 Å². The second-order valence-electron chi connectivity index (χ2n) is 11.7. The lowest BCUT2D eigenvalue weighted by atomic mass is 9.91. The van der Waals surface area contributed by atoms with Crippen molar-refractivity contribution in [2.45, 2.75) is 58.7 Å². The Morgan fingerprint density at radius 1 is 0.821 bits per heavy atom. The molecule has 3 aromatic rings. The van der Waals surface area contributed by atoms with Gasteiger partial charge in [0.2, 0.25) is 0 Å². The van der Waals surface area contributed by atoms with Crippen molar-refractivity contribution in [2.75, 3.05) is 51.6 Å². The third-order valence-electron chi connectivity index (χ3n) is 8.72. The molecule has 1 fully saturated rings. The van der Waals surface area contributed by atoms with Crippen molar-refractivity contribution in [3.05, 3.63) is 94.0 Å². The van der Waals surface area contributed by atoms with Gasteiger partial charge in [0.1, 0.15) is 17.5 Å². The number of fused-ring (bicyclic) bond motifs is 1. The van der Waals surface area contributed by atoms with Crippen LogP contribution in [0, 0.1) is 20.8 Å². The average molecular weight is 528 g/mol. The van der Waals surface area contributed by atoms with Crippen LogP contribution >= 0.6 is 0 Å². The molecule has 1 unspecified atom stereocenters. The minimum Gasteiger partial charge on any atom is -0.485 e. The Balaban J connectivity index is 1.05. The number of benzene rings is 3. The summed E-state index contributed by atoms with van der Waals surface area (Å²) in [4.78, 5) is 5.18. The largest absolute Gasteiger partial charge is 0.485 e. The van der Waals surface area contributed by atoms with Crippen molar-refractivity contribution >= 4 is 5.69 Å². The van der Waals surface area contributed by atoms with Crippen LogP contribution in [-0.4, -0.2) is 61.3 Å². The Morgan fingerprint density at radius 2 is 1.41 bits per heavy atom. The van der Waals surface area contributed by atoms with Gasteiger partial charge in [-0.3, -0.25) is 4.90 Å². The highest BCUT2D eigenvalue weighted by Crippen LogP contribution is 2.44. The van der Waals surface area contributed by atoms with Crippen molar-refractivity contribution in [1.82, 2.24) is 9.80 Å². The topological polar surface area (TPSA) is 51.0 Å². The van der Waals surface area contributed by atoms with E-state index in [2.05, 4.69) is 98.2 Å². The van der Waals surface area contributed by atoms with Crippen LogP contribution in [0.1, 0.15) is 59.3 Å². The van der Waals surface area contributed by atoms with Crippen LogP contribution in [0.4, 0.5) is 5.69 Å². The first-order chi connectivity index (χ1) is 18.8. The molecule has 208 valence electrons. The zero-order chi connectivity index (χ0) is 27.4. The highest BCUT2D eigenvalue weighted by atomic mass is 16.5. The van der Waals surface area contributed by atoms with Crippen LogP contribution in [0.15, 0.2) is 60.7 Å². The molecule has 0 aliphatic carbocycles. The first kappa shape index (κ1) is 27.7. The van der Waals surface area contributed by atoms with Crippen LogP contribution in [0.2, 0.25) is 0 Å². The molecule has 0 spiro atoms. The summed E-state index contributed by atoms with van der Waals surface area (Å²) in [6.45, 7) is 15.9. The van der Waals surface area contributed by atoms with E-state index in [-0.39, 0.29) is 11.7 Å². The number of hydrogen-bond acceptors (Lipinski definition) is 5. The molecule has 0 bridgehead atoms. The summed E-state index contributed by atoms with van der Waals surface area (Å²) in [6.07, 6.45) is 3.16. The fraction of sp³-hybridized carbons (Fsp3) is 0.471. The molecule has 0 aromatic heterocycles. The summed E-state index contributed by atoms with van der Waals surface area (Å²) in [5.74, 6) is 1.07. The Hall–Kier alpha value is -2.86. The molecule has 2 aliphatic rings. The molecule has 5 heteroatoms. The Kier molecular flexibility index (Phi) is 8.61. The summed E-state index contributed by atoms with van der Waals surface area (Å²) in [5, 5.41) is 0. The van der Waals surface area contributed by atoms with E-state index >= 15 is 0 Å². The maximum atomic E-state index is 6.62. The van der Waals surface area contributed by atoms with E-state index in [1.54, 1.807) is 0 Å². The minimum atomic E-state index is -0.189. The van der Waals surface area contributed by atoms with Crippen molar-refractivity contribution in [2.24, 2.45) is 0 Å². The van der Waals surface area contributed by atoms with Gasteiger partial charge in [0.25, 0.3) is 0 Å². The number of nitrogens with two attached hydrogens (primary N) is 1. The quantitative estimate of drug-likeness (QED) is 0.255.